The normalized spacial score (nSPS) is 10.9. The minimum absolute atomic E-state index is 0.448. The molecule has 17 heavy (non-hydrogen) atoms. The fourth-order valence-corrected chi connectivity index (χ4v) is 2.09. The van der Waals surface area contributed by atoms with Crippen molar-refractivity contribution in [2.75, 3.05) is 0 Å². The van der Waals surface area contributed by atoms with Gasteiger partial charge in [0.25, 0.3) is 0 Å². The van der Waals surface area contributed by atoms with Crippen LogP contribution in [-0.4, -0.2) is 14.4 Å². The molecule has 0 aliphatic rings. The molecule has 0 saturated heterocycles. The number of aromatic nitrogens is 3. The van der Waals surface area contributed by atoms with Gasteiger partial charge in [0.05, 0.1) is 5.69 Å². The fraction of sp³-hybridized carbons (Fsp3) is 0.0769. The van der Waals surface area contributed by atoms with Crippen LogP contribution >= 0.6 is 11.6 Å². The van der Waals surface area contributed by atoms with Gasteiger partial charge < -0.3 is 4.40 Å². The summed E-state index contributed by atoms with van der Waals surface area (Å²) in [6, 6.07) is 10.2. The Morgan fingerprint density at radius 2 is 2.00 bits per heavy atom. The van der Waals surface area contributed by atoms with Gasteiger partial charge >= 0.3 is 0 Å². The number of nitrogens with zero attached hydrogens (tertiary/aromatic N) is 3. The van der Waals surface area contributed by atoms with Crippen LogP contribution in [0.4, 0.5) is 0 Å². The van der Waals surface area contributed by atoms with Gasteiger partial charge in [-0.05, 0) is 5.56 Å². The number of hydrogen-bond donors (Lipinski definition) is 0. The topological polar surface area (TPSA) is 30.2 Å². The van der Waals surface area contributed by atoms with Crippen molar-refractivity contribution in [3.05, 3.63) is 65.3 Å². The molecule has 0 amide bonds. The quantitative estimate of drug-likeness (QED) is 0.693. The number of benzene rings is 1. The van der Waals surface area contributed by atoms with Crippen LogP contribution in [0.15, 0.2) is 48.9 Å². The molecular weight excluding hydrogens is 234 g/mol. The van der Waals surface area contributed by atoms with Crippen molar-refractivity contribution in [3.63, 3.8) is 0 Å². The zero-order valence-electron chi connectivity index (χ0n) is 9.05. The van der Waals surface area contributed by atoms with E-state index in [0.717, 1.165) is 12.1 Å². The van der Waals surface area contributed by atoms with Crippen molar-refractivity contribution < 1.29 is 0 Å². The molecule has 3 aromatic rings. The Balaban J connectivity index is 2.01. The molecular formula is C13H10ClN3. The first kappa shape index (κ1) is 10.3. The second-order valence-corrected chi connectivity index (χ2v) is 4.20. The van der Waals surface area contributed by atoms with Gasteiger partial charge in [-0.15, -0.1) is 0 Å². The summed E-state index contributed by atoms with van der Waals surface area (Å²) in [5, 5.41) is 0.448. The Hall–Kier alpha value is -1.87. The Labute approximate surface area is 104 Å². The third-order valence-corrected chi connectivity index (χ3v) is 2.86. The van der Waals surface area contributed by atoms with E-state index in [1.54, 1.807) is 6.20 Å². The lowest BCUT2D eigenvalue weighted by Crippen LogP contribution is -1.97. The summed E-state index contributed by atoms with van der Waals surface area (Å²) in [7, 11) is 0. The Bertz CT molecular complexity index is 646. The molecule has 3 nitrogen and oxygen atoms in total. The van der Waals surface area contributed by atoms with Crippen LogP contribution in [0.3, 0.4) is 0 Å². The average molecular weight is 244 g/mol. The Morgan fingerprint density at radius 1 is 1.18 bits per heavy atom. The van der Waals surface area contributed by atoms with E-state index in [1.807, 2.05) is 35.0 Å². The molecule has 0 fully saturated rings. The van der Waals surface area contributed by atoms with E-state index in [1.165, 1.54) is 5.56 Å². The van der Waals surface area contributed by atoms with Crippen LogP contribution in [0.25, 0.3) is 5.65 Å². The summed E-state index contributed by atoms with van der Waals surface area (Å²) in [5.41, 5.74) is 2.85. The van der Waals surface area contributed by atoms with E-state index in [9.17, 15) is 0 Å². The first-order chi connectivity index (χ1) is 8.33. The molecule has 0 aliphatic carbocycles. The molecule has 0 radical (unpaired) electrons. The average Bonchev–Trinajstić information content (AvgIpc) is 2.79. The summed E-state index contributed by atoms with van der Waals surface area (Å²) in [4.78, 5) is 8.49. The molecule has 0 saturated carbocycles. The molecule has 4 heteroatoms. The highest BCUT2D eigenvalue weighted by Gasteiger charge is 2.05. The molecule has 0 aliphatic heterocycles. The second kappa shape index (κ2) is 4.18. The van der Waals surface area contributed by atoms with Gasteiger partial charge in [-0.3, -0.25) is 0 Å². The smallest absolute Gasteiger partial charge is 0.174 e. The second-order valence-electron chi connectivity index (χ2n) is 3.84. The highest BCUT2D eigenvalue weighted by molar-refractivity contribution is 6.32. The Kier molecular flexibility index (Phi) is 2.53. The SMILES string of the molecule is Clc1nc(Cc2ccccc2)cn2ccnc12. The standard InChI is InChI=1S/C13H10ClN3/c14-12-13-15-6-7-17(13)9-11(16-12)8-10-4-2-1-3-5-10/h1-7,9H,8H2. The van der Waals surface area contributed by atoms with Crippen LogP contribution in [0.1, 0.15) is 11.3 Å². The van der Waals surface area contributed by atoms with Crippen LogP contribution in [-0.2, 0) is 6.42 Å². The summed E-state index contributed by atoms with van der Waals surface area (Å²) in [5.74, 6) is 0. The van der Waals surface area contributed by atoms with Crippen molar-refractivity contribution in [2.24, 2.45) is 0 Å². The minimum Gasteiger partial charge on any atom is -0.303 e. The minimum atomic E-state index is 0.448. The molecule has 84 valence electrons. The lowest BCUT2D eigenvalue weighted by atomic mass is 10.1. The third-order valence-electron chi connectivity index (χ3n) is 2.61. The summed E-state index contributed by atoms with van der Waals surface area (Å²) in [6.07, 6.45) is 6.32. The zero-order valence-corrected chi connectivity index (χ0v) is 9.80. The van der Waals surface area contributed by atoms with Gasteiger partial charge in [-0.25, -0.2) is 9.97 Å². The molecule has 3 rings (SSSR count). The monoisotopic (exact) mass is 243 g/mol. The predicted molar refractivity (Wildman–Crippen MR) is 67.2 cm³/mol. The highest BCUT2D eigenvalue weighted by atomic mass is 35.5. The van der Waals surface area contributed by atoms with E-state index >= 15 is 0 Å². The number of imidazole rings is 1. The predicted octanol–water partition coefficient (Wildman–Crippen LogP) is 2.97. The zero-order chi connectivity index (χ0) is 11.7. The number of fused-ring (bicyclic) bond motifs is 1. The number of halogens is 1. The van der Waals surface area contributed by atoms with Crippen molar-refractivity contribution >= 4 is 17.2 Å². The molecule has 2 aromatic heterocycles. The van der Waals surface area contributed by atoms with E-state index in [0.29, 0.717) is 10.8 Å². The molecule has 0 spiro atoms. The van der Waals surface area contributed by atoms with Gasteiger partial charge in [0.15, 0.2) is 10.8 Å². The van der Waals surface area contributed by atoms with E-state index in [2.05, 4.69) is 22.1 Å². The summed E-state index contributed by atoms with van der Waals surface area (Å²) >= 11 is 6.08. The molecule has 0 N–H and O–H groups in total. The van der Waals surface area contributed by atoms with E-state index in [-0.39, 0.29) is 0 Å². The van der Waals surface area contributed by atoms with E-state index < -0.39 is 0 Å². The van der Waals surface area contributed by atoms with Crippen LogP contribution in [0, 0.1) is 0 Å². The lowest BCUT2D eigenvalue weighted by molar-refractivity contribution is 1.01. The van der Waals surface area contributed by atoms with Crippen LogP contribution < -0.4 is 0 Å². The van der Waals surface area contributed by atoms with Gasteiger partial charge in [0, 0.05) is 25.0 Å². The molecule has 0 bridgehead atoms. The lowest BCUT2D eigenvalue weighted by Gasteiger charge is -2.03. The maximum absolute atomic E-state index is 6.08. The van der Waals surface area contributed by atoms with Gasteiger partial charge in [0.2, 0.25) is 0 Å². The van der Waals surface area contributed by atoms with Gasteiger partial charge in [-0.2, -0.15) is 0 Å². The maximum Gasteiger partial charge on any atom is 0.174 e. The van der Waals surface area contributed by atoms with Crippen molar-refractivity contribution in [1.82, 2.24) is 14.4 Å². The first-order valence-corrected chi connectivity index (χ1v) is 5.73. The molecule has 0 atom stereocenters. The van der Waals surface area contributed by atoms with Crippen molar-refractivity contribution in [3.8, 4) is 0 Å². The van der Waals surface area contributed by atoms with Crippen molar-refractivity contribution in [1.29, 1.82) is 0 Å². The van der Waals surface area contributed by atoms with Crippen LogP contribution in [0.2, 0.25) is 5.15 Å². The molecule has 2 heterocycles. The van der Waals surface area contributed by atoms with Gasteiger partial charge in [0.1, 0.15) is 0 Å². The first-order valence-electron chi connectivity index (χ1n) is 5.35. The maximum atomic E-state index is 6.08. The molecule has 0 unspecified atom stereocenters. The summed E-state index contributed by atoms with van der Waals surface area (Å²) < 4.78 is 1.90. The third kappa shape index (κ3) is 2.01. The fourth-order valence-electron chi connectivity index (χ4n) is 1.83. The molecule has 1 aromatic carbocycles. The van der Waals surface area contributed by atoms with Crippen molar-refractivity contribution in [2.45, 2.75) is 6.42 Å². The number of hydrogen-bond acceptors (Lipinski definition) is 2. The Morgan fingerprint density at radius 3 is 2.82 bits per heavy atom. The highest BCUT2D eigenvalue weighted by Crippen LogP contribution is 2.15. The summed E-state index contributed by atoms with van der Waals surface area (Å²) in [6.45, 7) is 0. The van der Waals surface area contributed by atoms with E-state index in [4.69, 9.17) is 11.6 Å². The largest absolute Gasteiger partial charge is 0.303 e. The van der Waals surface area contributed by atoms with Gasteiger partial charge in [-0.1, -0.05) is 41.9 Å². The number of rotatable bonds is 2. The van der Waals surface area contributed by atoms with Crippen LogP contribution in [0.5, 0.6) is 0 Å².